The zero-order valence-electron chi connectivity index (χ0n) is 9.90. The summed E-state index contributed by atoms with van der Waals surface area (Å²) in [5, 5.41) is 18.1. The molecule has 1 aromatic rings. The Balaban J connectivity index is 2.77. The molecule has 0 bridgehead atoms. The molecule has 0 aliphatic carbocycles. The van der Waals surface area contributed by atoms with Gasteiger partial charge in [0.2, 0.25) is 0 Å². The maximum absolute atomic E-state index is 10.0. The summed E-state index contributed by atoms with van der Waals surface area (Å²) in [6.45, 7) is 3.89. The number of nitrogens with zero attached hydrogens (tertiary/aromatic N) is 2. The van der Waals surface area contributed by atoms with Crippen LogP contribution in [0.4, 0.5) is 0 Å². The van der Waals surface area contributed by atoms with E-state index < -0.39 is 6.10 Å². The van der Waals surface area contributed by atoms with Crippen molar-refractivity contribution in [2.24, 2.45) is 0 Å². The quantitative estimate of drug-likeness (QED) is 0.608. The zero-order chi connectivity index (χ0) is 12.0. The molecule has 0 saturated carbocycles. The molecule has 3 heteroatoms. The van der Waals surface area contributed by atoms with Gasteiger partial charge in [-0.05, 0) is 32.3 Å². The van der Waals surface area contributed by atoms with Crippen LogP contribution in [0.2, 0.25) is 0 Å². The normalized spacial score (nSPS) is 12.1. The van der Waals surface area contributed by atoms with E-state index in [0.29, 0.717) is 12.8 Å². The summed E-state index contributed by atoms with van der Waals surface area (Å²) < 4.78 is 0. The van der Waals surface area contributed by atoms with Crippen molar-refractivity contribution in [3.8, 4) is 12.3 Å². The van der Waals surface area contributed by atoms with E-state index in [0.717, 1.165) is 29.8 Å². The molecule has 1 N–H and O–H groups in total. The number of aromatic nitrogens is 2. The summed E-state index contributed by atoms with van der Waals surface area (Å²) in [5.74, 6) is 2.58. The highest BCUT2D eigenvalue weighted by atomic mass is 16.3. The molecule has 0 amide bonds. The van der Waals surface area contributed by atoms with Crippen molar-refractivity contribution in [1.82, 2.24) is 10.2 Å². The van der Waals surface area contributed by atoms with E-state index >= 15 is 0 Å². The predicted octanol–water partition coefficient (Wildman–Crippen LogP) is 2.18. The fraction of sp³-hybridized carbons (Fsp3) is 0.538. The van der Waals surface area contributed by atoms with Gasteiger partial charge in [0, 0.05) is 12.0 Å². The van der Waals surface area contributed by atoms with Gasteiger partial charge in [-0.25, -0.2) is 0 Å². The summed E-state index contributed by atoms with van der Waals surface area (Å²) >= 11 is 0. The summed E-state index contributed by atoms with van der Waals surface area (Å²) in [6.07, 6.45) is 7.71. The summed E-state index contributed by atoms with van der Waals surface area (Å²) in [4.78, 5) is 0. The zero-order valence-corrected chi connectivity index (χ0v) is 9.90. The van der Waals surface area contributed by atoms with Crippen LogP contribution in [-0.4, -0.2) is 15.3 Å². The molecule has 1 unspecified atom stereocenters. The van der Waals surface area contributed by atoms with Crippen LogP contribution in [0.25, 0.3) is 0 Å². The SMILES string of the molecule is C#CCCCC(O)c1cc(C)nnc1CC. The number of unbranched alkanes of at least 4 members (excludes halogenated alkanes) is 1. The number of aliphatic hydroxyl groups is 1. The number of rotatable bonds is 5. The Morgan fingerprint density at radius 1 is 1.50 bits per heavy atom. The maximum atomic E-state index is 10.0. The highest BCUT2D eigenvalue weighted by Gasteiger charge is 2.13. The average Bonchev–Trinajstić information content (AvgIpc) is 2.29. The monoisotopic (exact) mass is 218 g/mol. The van der Waals surface area contributed by atoms with Crippen LogP contribution in [0.1, 0.15) is 49.2 Å². The Kier molecular flexibility index (Phi) is 4.94. The first-order valence-electron chi connectivity index (χ1n) is 5.63. The molecule has 0 aromatic carbocycles. The van der Waals surface area contributed by atoms with Gasteiger partial charge in [-0.3, -0.25) is 0 Å². The first-order chi connectivity index (χ1) is 7.69. The van der Waals surface area contributed by atoms with Crippen molar-refractivity contribution in [2.75, 3.05) is 0 Å². The van der Waals surface area contributed by atoms with E-state index in [-0.39, 0.29) is 0 Å². The van der Waals surface area contributed by atoms with Gasteiger partial charge in [0.25, 0.3) is 0 Å². The highest BCUT2D eigenvalue weighted by molar-refractivity contribution is 5.23. The third-order valence-electron chi connectivity index (χ3n) is 2.52. The van der Waals surface area contributed by atoms with Crippen molar-refractivity contribution < 1.29 is 5.11 Å². The Hall–Kier alpha value is -1.40. The largest absolute Gasteiger partial charge is 0.388 e. The van der Waals surface area contributed by atoms with Gasteiger partial charge < -0.3 is 5.11 Å². The molecule has 0 radical (unpaired) electrons. The number of aliphatic hydroxyl groups excluding tert-OH is 1. The van der Waals surface area contributed by atoms with Gasteiger partial charge in [-0.15, -0.1) is 12.3 Å². The molecule has 3 nitrogen and oxygen atoms in total. The molecule has 0 aliphatic heterocycles. The van der Waals surface area contributed by atoms with Gasteiger partial charge in [-0.2, -0.15) is 10.2 Å². The van der Waals surface area contributed by atoms with E-state index in [4.69, 9.17) is 6.42 Å². The fourth-order valence-electron chi connectivity index (χ4n) is 1.65. The van der Waals surface area contributed by atoms with Crippen molar-refractivity contribution in [1.29, 1.82) is 0 Å². The smallest absolute Gasteiger partial charge is 0.0809 e. The minimum atomic E-state index is -0.475. The lowest BCUT2D eigenvalue weighted by Gasteiger charge is -2.13. The Labute approximate surface area is 96.9 Å². The highest BCUT2D eigenvalue weighted by Crippen LogP contribution is 2.22. The van der Waals surface area contributed by atoms with Crippen molar-refractivity contribution in [3.05, 3.63) is 23.0 Å². The Morgan fingerprint density at radius 3 is 2.88 bits per heavy atom. The first kappa shape index (κ1) is 12.7. The van der Waals surface area contributed by atoms with E-state index in [1.807, 2.05) is 19.9 Å². The lowest BCUT2D eigenvalue weighted by molar-refractivity contribution is 0.163. The van der Waals surface area contributed by atoms with Crippen LogP contribution in [0, 0.1) is 19.3 Å². The number of aryl methyl sites for hydroxylation is 2. The molecule has 86 valence electrons. The van der Waals surface area contributed by atoms with E-state index in [2.05, 4.69) is 16.1 Å². The number of terminal acetylenes is 1. The van der Waals surface area contributed by atoms with Crippen molar-refractivity contribution in [2.45, 2.75) is 45.6 Å². The van der Waals surface area contributed by atoms with Crippen LogP contribution < -0.4 is 0 Å². The van der Waals surface area contributed by atoms with Crippen LogP contribution >= 0.6 is 0 Å². The first-order valence-corrected chi connectivity index (χ1v) is 5.63. The number of hydrogen-bond donors (Lipinski definition) is 1. The summed E-state index contributed by atoms with van der Waals surface area (Å²) in [5.41, 5.74) is 2.61. The van der Waals surface area contributed by atoms with Crippen molar-refractivity contribution in [3.63, 3.8) is 0 Å². The Bertz CT molecular complexity index is 382. The van der Waals surface area contributed by atoms with Crippen LogP contribution in [0.5, 0.6) is 0 Å². The topological polar surface area (TPSA) is 46.0 Å². The van der Waals surface area contributed by atoms with Crippen LogP contribution in [-0.2, 0) is 6.42 Å². The molecule has 1 aromatic heterocycles. The van der Waals surface area contributed by atoms with Gasteiger partial charge in [0.15, 0.2) is 0 Å². The minimum Gasteiger partial charge on any atom is -0.388 e. The summed E-state index contributed by atoms with van der Waals surface area (Å²) in [7, 11) is 0. The fourth-order valence-corrected chi connectivity index (χ4v) is 1.65. The second kappa shape index (κ2) is 6.24. The van der Waals surface area contributed by atoms with Crippen LogP contribution in [0.15, 0.2) is 6.07 Å². The van der Waals surface area contributed by atoms with E-state index in [9.17, 15) is 5.11 Å². The second-order valence-corrected chi connectivity index (χ2v) is 3.85. The third kappa shape index (κ3) is 3.32. The molecule has 0 fully saturated rings. The molecular formula is C13H18N2O. The molecule has 0 aliphatic rings. The van der Waals surface area contributed by atoms with E-state index in [1.165, 1.54) is 0 Å². The van der Waals surface area contributed by atoms with Gasteiger partial charge in [0.05, 0.1) is 17.5 Å². The molecule has 0 spiro atoms. The molecule has 16 heavy (non-hydrogen) atoms. The Morgan fingerprint density at radius 2 is 2.25 bits per heavy atom. The predicted molar refractivity (Wildman–Crippen MR) is 63.8 cm³/mol. The van der Waals surface area contributed by atoms with E-state index in [1.54, 1.807) is 0 Å². The van der Waals surface area contributed by atoms with Gasteiger partial charge in [-0.1, -0.05) is 6.92 Å². The number of hydrogen-bond acceptors (Lipinski definition) is 3. The molecule has 1 rings (SSSR count). The lowest BCUT2D eigenvalue weighted by atomic mass is 10.0. The second-order valence-electron chi connectivity index (χ2n) is 3.85. The maximum Gasteiger partial charge on any atom is 0.0809 e. The molecule has 1 atom stereocenters. The van der Waals surface area contributed by atoms with Crippen molar-refractivity contribution >= 4 is 0 Å². The minimum absolute atomic E-state index is 0.475. The summed E-state index contributed by atoms with van der Waals surface area (Å²) in [6, 6.07) is 1.91. The van der Waals surface area contributed by atoms with Gasteiger partial charge in [0.1, 0.15) is 0 Å². The standard InChI is InChI=1S/C13H18N2O/c1-4-6-7-8-13(16)11-9-10(3)14-15-12(11)5-2/h1,9,13,16H,5-8H2,2-3H3. The van der Waals surface area contributed by atoms with Crippen LogP contribution in [0.3, 0.4) is 0 Å². The third-order valence-corrected chi connectivity index (χ3v) is 2.52. The molecule has 1 heterocycles. The average molecular weight is 218 g/mol. The van der Waals surface area contributed by atoms with Gasteiger partial charge >= 0.3 is 0 Å². The lowest BCUT2D eigenvalue weighted by Crippen LogP contribution is -2.06. The molecule has 0 saturated heterocycles. The molecular weight excluding hydrogens is 200 g/mol.